The molecule has 0 spiro atoms. The van der Waals surface area contributed by atoms with Gasteiger partial charge in [-0.1, -0.05) is 6.92 Å². The van der Waals surface area contributed by atoms with Gasteiger partial charge in [0.1, 0.15) is 46.0 Å². The molecule has 13 fully saturated rings. The van der Waals surface area contributed by atoms with Gasteiger partial charge in [-0.2, -0.15) is 0 Å². The Hall–Kier alpha value is -10.1. The van der Waals surface area contributed by atoms with Gasteiger partial charge in [0, 0.05) is 126 Å². The molecular weight excluding hydrogens is 1870 g/mol. The van der Waals surface area contributed by atoms with E-state index >= 15 is 0 Å². The summed E-state index contributed by atoms with van der Waals surface area (Å²) >= 11 is 4.93. The monoisotopic (exact) mass is 2010 g/mol. The minimum atomic E-state index is -1.08. The summed E-state index contributed by atoms with van der Waals surface area (Å²) in [5.74, 6) is 3.04. The van der Waals surface area contributed by atoms with Crippen molar-refractivity contribution in [3.8, 4) is 41.8 Å². The third kappa shape index (κ3) is 22.3. The van der Waals surface area contributed by atoms with Gasteiger partial charge in [0.15, 0.2) is 20.0 Å². The number of thiazole rings is 4. The first kappa shape index (κ1) is 102. The van der Waals surface area contributed by atoms with E-state index in [-0.39, 0.29) is 146 Å². The molecule has 13 aliphatic rings. The average Bonchev–Trinajstić information content (AvgIpc) is 1.62. The Balaban J connectivity index is 0.000000125. The van der Waals surface area contributed by atoms with Crippen LogP contribution < -0.4 is 42.5 Å². The molecule has 8 aliphatic heterocycles. The molecule has 762 valence electrons. The predicted molar refractivity (Wildman–Crippen MR) is 554 cm³/mol. The number of hydrogen-bond acceptors (Lipinski definition) is 28. The number of amides is 8. The number of nitrogens with zero attached hydrogens (tertiary/aromatic N) is 12. The Morgan fingerprint density at radius 2 is 0.725 bits per heavy atom. The van der Waals surface area contributed by atoms with Crippen LogP contribution in [-0.4, -0.2) is 247 Å². The number of carbonyl (C=O) groups excluding carboxylic acids is 8. The Morgan fingerprint density at radius 3 is 1.01 bits per heavy atom. The topological polar surface area (TPSA) is 430 Å². The zero-order chi connectivity index (χ0) is 100. The van der Waals surface area contributed by atoms with E-state index in [2.05, 4.69) is 118 Å². The number of rotatable bonds is 29. The van der Waals surface area contributed by atoms with Crippen molar-refractivity contribution in [2.45, 2.75) is 403 Å². The fourth-order valence-corrected chi connectivity index (χ4v) is 27.1. The molecule has 8 aromatic rings. The van der Waals surface area contributed by atoms with Gasteiger partial charge in [-0.05, 0) is 341 Å². The number of nitrogens with one attached hydrogen (secondary N) is 8. The summed E-state index contributed by atoms with van der Waals surface area (Å²) in [6.07, 6.45) is 37.1. The number of anilines is 4. The van der Waals surface area contributed by atoms with Crippen molar-refractivity contribution in [3.63, 3.8) is 0 Å². The van der Waals surface area contributed by atoms with Gasteiger partial charge in [-0.15, -0.1) is 45.3 Å². The van der Waals surface area contributed by atoms with Gasteiger partial charge in [0.25, 0.3) is 47.3 Å². The second kappa shape index (κ2) is 42.2. The van der Waals surface area contributed by atoms with E-state index in [9.17, 15) is 58.8 Å². The molecule has 8 bridgehead atoms. The van der Waals surface area contributed by atoms with Crippen LogP contribution in [0.5, 0.6) is 0 Å². The first-order chi connectivity index (χ1) is 67.8. The Kier molecular flexibility index (Phi) is 30.3. The standard InChI is InChI=1S/C28H37N5O3S.C27H37N5O3S.C26H35N5O3S.C25H33N5O3S/c1-15-12-21(31-22(16-4-5-16)17-6-7-17)29-13-20(15)24-23(27(35)33-18-8-9-19(33)11-10-18)32-26(37-24)25(34)30-14-28(2,3)36;1-15-13-20(31-27(5)11-6-12-27)28-14-19(15)22-21(25(34)32-17-7-8-18(32)10-9-17)30-24(36-22)23(33)29-16(2)26(3,4)35;1-4-15(3)28-21-12-14(2)18(13-27-21)23-22(26(34)31-16-8-9-17(31)11-10-16)30-25(35-23)24(33)29-19-6-5-7-20(19)32;1-13(2)27-20-11-14(3)17(12-26-20)22-21(25(33)30-15-7-8-16(30)10-9-15)29-24(34-22)23(32)28-18-5-4-6-19(18)31/h12-13,16-19,22,36H,4-11,14H2,1-3H3,(H,29,31)(H,30,34);13-14,16-18,35H,6-12H2,1-5H3,(H,28,31)(H,29,33);12-13,15-17,19-20,32H,4-11H2,1-3H3,(H,27,28)(H,29,33);11-13,15-16,18-19,31H,4-10H2,1-3H3,(H,26,27)(H,28,32)/t;16-,17?,18?;15-,16?,17?,19-,20-;15?,16?,18-,19-/m.011/s1. The number of aliphatic hydroxyl groups is 4. The molecule has 8 amide bonds. The van der Waals surface area contributed by atoms with Crippen molar-refractivity contribution in [3.05, 3.63) is 114 Å². The lowest BCUT2D eigenvalue weighted by Crippen LogP contribution is -2.47. The highest BCUT2D eigenvalue weighted by molar-refractivity contribution is 7.18. The minimum absolute atomic E-state index is 0.0811. The molecule has 8 saturated heterocycles. The highest BCUT2D eigenvalue weighted by Gasteiger charge is 2.50. The summed E-state index contributed by atoms with van der Waals surface area (Å²) < 4.78 is 0. The lowest BCUT2D eigenvalue weighted by atomic mass is 9.78. The van der Waals surface area contributed by atoms with Crippen molar-refractivity contribution in [1.29, 1.82) is 0 Å². The van der Waals surface area contributed by atoms with Gasteiger partial charge in [-0.3, -0.25) is 38.4 Å². The number of aryl methyl sites for hydroxylation is 4. The number of aromatic nitrogens is 8. The molecule has 5 saturated carbocycles. The van der Waals surface area contributed by atoms with Crippen molar-refractivity contribution >= 4 is 116 Å². The highest BCUT2D eigenvalue weighted by atomic mass is 32.1. The van der Waals surface area contributed by atoms with Gasteiger partial charge in [0.05, 0.1) is 61.0 Å². The molecule has 142 heavy (non-hydrogen) atoms. The summed E-state index contributed by atoms with van der Waals surface area (Å²) in [5, 5.41) is 67.0. The van der Waals surface area contributed by atoms with E-state index in [1.807, 2.05) is 71.7 Å². The number of hydrogen-bond donors (Lipinski definition) is 12. The fourth-order valence-electron chi connectivity index (χ4n) is 22.9. The van der Waals surface area contributed by atoms with Crippen molar-refractivity contribution < 1.29 is 58.8 Å². The fraction of sp³-hybridized carbons (Fsp3) is 0.623. The molecular formula is C106H142N20O12S4. The largest absolute Gasteiger partial charge is 0.391 e. The third-order valence-corrected chi connectivity index (χ3v) is 36.2. The van der Waals surface area contributed by atoms with Gasteiger partial charge >= 0.3 is 0 Å². The molecule has 12 N–H and O–H groups in total. The third-order valence-electron chi connectivity index (χ3n) is 31.9. The summed E-state index contributed by atoms with van der Waals surface area (Å²) in [5.41, 5.74) is 6.58. The zero-order valence-electron chi connectivity index (χ0n) is 84.5. The maximum atomic E-state index is 13.8. The van der Waals surface area contributed by atoms with Crippen molar-refractivity contribution in [1.82, 2.24) is 80.7 Å². The molecule has 36 heteroatoms. The van der Waals surface area contributed by atoms with Crippen LogP contribution in [0, 0.1) is 39.5 Å². The molecule has 5 aliphatic carbocycles. The average molecular weight is 2020 g/mol. The first-order valence-electron chi connectivity index (χ1n) is 52.1. The minimum Gasteiger partial charge on any atom is -0.391 e. The lowest BCUT2D eigenvalue weighted by molar-refractivity contribution is 0.0408. The molecule has 21 rings (SSSR count). The second-order valence-electron chi connectivity index (χ2n) is 44.2. The predicted octanol–water partition coefficient (Wildman–Crippen LogP) is 16.8. The summed E-state index contributed by atoms with van der Waals surface area (Å²) in [6.45, 7) is 27.0. The number of fused-ring (bicyclic) bond motifs is 8. The van der Waals surface area contributed by atoms with Crippen LogP contribution in [0.3, 0.4) is 0 Å². The van der Waals surface area contributed by atoms with Gasteiger partial charge in [-0.25, -0.2) is 39.9 Å². The Labute approximate surface area is 848 Å². The number of aliphatic hydroxyl groups excluding tert-OH is 2. The second-order valence-corrected chi connectivity index (χ2v) is 48.2. The molecule has 8 aromatic heterocycles. The Bertz CT molecular complexity index is 5960. The van der Waals surface area contributed by atoms with E-state index in [0.717, 1.165) is 227 Å². The van der Waals surface area contributed by atoms with Gasteiger partial charge < -0.3 is 82.6 Å². The van der Waals surface area contributed by atoms with E-state index in [0.29, 0.717) is 67.2 Å². The summed E-state index contributed by atoms with van der Waals surface area (Å²) in [4.78, 5) is 155. The van der Waals surface area contributed by atoms with Gasteiger partial charge in [0.2, 0.25) is 0 Å². The van der Waals surface area contributed by atoms with Crippen LogP contribution in [0.1, 0.15) is 365 Å². The van der Waals surface area contributed by atoms with Crippen LogP contribution in [0.15, 0.2) is 49.1 Å². The molecule has 16 heterocycles. The molecule has 0 aromatic carbocycles. The van der Waals surface area contributed by atoms with Crippen LogP contribution in [0.2, 0.25) is 0 Å². The van der Waals surface area contributed by atoms with E-state index in [1.165, 1.54) is 77.5 Å². The van der Waals surface area contributed by atoms with Crippen LogP contribution >= 0.6 is 45.3 Å². The summed E-state index contributed by atoms with van der Waals surface area (Å²) in [7, 11) is 0. The number of carbonyl (C=O) groups is 8. The maximum Gasteiger partial charge on any atom is 0.280 e. The quantitative estimate of drug-likeness (QED) is 0.0207. The zero-order valence-corrected chi connectivity index (χ0v) is 87.8. The van der Waals surface area contributed by atoms with E-state index in [1.54, 1.807) is 53.2 Å². The number of pyridine rings is 4. The van der Waals surface area contributed by atoms with Crippen molar-refractivity contribution in [2.75, 3.05) is 27.8 Å². The van der Waals surface area contributed by atoms with E-state index in [4.69, 9.17) is 4.98 Å². The van der Waals surface area contributed by atoms with Crippen molar-refractivity contribution in [2.24, 2.45) is 11.8 Å². The molecule has 0 unspecified atom stereocenters. The molecule has 32 nitrogen and oxygen atoms in total. The first-order valence-corrected chi connectivity index (χ1v) is 55.4. The van der Waals surface area contributed by atoms with Crippen LogP contribution in [0.4, 0.5) is 23.3 Å². The molecule has 6 atom stereocenters. The lowest BCUT2D eigenvalue weighted by Gasteiger charge is -2.39. The van der Waals surface area contributed by atoms with E-state index < -0.39 is 29.5 Å². The molecule has 0 radical (unpaired) electrons. The van der Waals surface area contributed by atoms with Crippen LogP contribution in [0.25, 0.3) is 41.8 Å². The summed E-state index contributed by atoms with van der Waals surface area (Å²) in [6, 6.07) is 10.3. The normalized spacial score (nSPS) is 24.6. The maximum absolute atomic E-state index is 13.8. The smallest absolute Gasteiger partial charge is 0.280 e. The van der Waals surface area contributed by atoms with Crippen LogP contribution in [-0.2, 0) is 0 Å². The Morgan fingerprint density at radius 1 is 0.415 bits per heavy atom. The SMILES string of the molecule is CC[C@@H](C)Nc1cc(C)c(-c2sc(C(=O)N[C@@H]3CCC[C@H]3O)nc2C(=O)N2C3CCC2CC3)cn1.Cc1cc(NC(C)C)ncc1-c1sc(C(=O)N[C@@H]2CCC[C@H]2O)nc1C(=O)N1C2CCC1CC2.Cc1cc(NC(C2CC2)C2CC2)ncc1-c1sc(C(=O)NCC(C)(C)O)nc1C(=O)N1C2CCC1CC2.Cc1cc(NC2(C)CCC2)ncc1-c1sc(C(=O)N[C@@H](C)C(C)(C)O)nc1C(=O)N1C2CCC1CC2. The highest BCUT2D eigenvalue weighted by Crippen LogP contribution is 2.50.